The van der Waals surface area contributed by atoms with Crippen LogP contribution in [-0.2, 0) is 9.98 Å². The molecule has 0 spiro atoms. The first-order valence-electron chi connectivity index (χ1n) is 9.60. The molecule has 3 aliphatic rings. The Balaban J connectivity index is 1.87. The predicted octanol–water partition coefficient (Wildman–Crippen LogP) is 4.63. The van der Waals surface area contributed by atoms with Gasteiger partial charge in [0.05, 0.1) is 11.5 Å². The van der Waals surface area contributed by atoms with Gasteiger partial charge in [0.1, 0.15) is 0 Å². The number of likely N-dealkylation sites (N-methyl/N-ethyl adjacent to an activating group) is 1. The number of allylic oxidation sites excluding steroid dienone is 2. The molecule has 0 amide bonds. The van der Waals surface area contributed by atoms with Crippen LogP contribution in [0, 0.1) is 0 Å². The van der Waals surface area contributed by atoms with E-state index in [0.717, 1.165) is 36.9 Å². The van der Waals surface area contributed by atoms with Crippen molar-refractivity contribution < 1.29 is 4.57 Å². The van der Waals surface area contributed by atoms with Crippen molar-refractivity contribution in [3.05, 3.63) is 40.8 Å². The van der Waals surface area contributed by atoms with Crippen LogP contribution in [0.25, 0.3) is 0 Å². The summed E-state index contributed by atoms with van der Waals surface area (Å²) in [4.78, 5) is 2.22. The number of rotatable bonds is 1. The number of nitrogens with zero attached hydrogens (tertiary/aromatic N) is 4. The summed E-state index contributed by atoms with van der Waals surface area (Å²) >= 11 is 0. The maximum Gasteiger partial charge on any atom is 0.287 e. The molecule has 6 heteroatoms. The van der Waals surface area contributed by atoms with Crippen molar-refractivity contribution in [3.8, 4) is 0 Å². The maximum atomic E-state index is 14.4. The number of hydrazone groups is 1. The quantitative estimate of drug-likeness (QED) is 0.674. The first-order chi connectivity index (χ1) is 12.4. The minimum Gasteiger partial charge on any atom is -0.346 e. The van der Waals surface area contributed by atoms with Gasteiger partial charge in [0.2, 0.25) is 0 Å². The summed E-state index contributed by atoms with van der Waals surface area (Å²) in [6.45, 7) is 6.24. The van der Waals surface area contributed by atoms with Crippen LogP contribution in [0.2, 0.25) is 0 Å². The Kier molecular flexibility index (Phi) is 4.28. The Morgan fingerprint density at radius 2 is 1.69 bits per heavy atom. The van der Waals surface area contributed by atoms with Gasteiger partial charge in [0.15, 0.2) is 0 Å². The first-order valence-corrected chi connectivity index (χ1v) is 11.2. The number of hydrogen-bond donors (Lipinski definition) is 0. The van der Waals surface area contributed by atoms with E-state index in [0.29, 0.717) is 0 Å². The molecular formula is C20H29N4OP. The van der Waals surface area contributed by atoms with Crippen LogP contribution in [0.3, 0.4) is 0 Å². The topological polar surface area (TPSA) is 39.1 Å². The Labute approximate surface area is 156 Å². The van der Waals surface area contributed by atoms with Gasteiger partial charge in [-0.05, 0) is 24.5 Å². The number of fused-ring (bicyclic) bond motifs is 1. The average molecular weight is 372 g/mol. The third-order valence-corrected chi connectivity index (χ3v) is 9.14. The highest BCUT2D eigenvalue weighted by Gasteiger charge is 2.49. The molecule has 0 bridgehead atoms. The van der Waals surface area contributed by atoms with E-state index in [1.165, 1.54) is 24.1 Å². The van der Waals surface area contributed by atoms with E-state index in [4.69, 9.17) is 0 Å². The Morgan fingerprint density at radius 3 is 2.35 bits per heavy atom. The van der Waals surface area contributed by atoms with E-state index in [2.05, 4.69) is 59.8 Å². The molecule has 0 saturated carbocycles. The van der Waals surface area contributed by atoms with Crippen LogP contribution < -0.4 is 4.90 Å². The standard InChI is InChI=1S/C20H29N4OP/c1-20(2)16-11-7-8-12-17(16)22(3)19(20)18-15-21-23(4)26(18,25)24-13-9-5-6-10-14-24/h7-8,11-12,15H,5-6,9-10,13-14H2,1-4H3/b19-18-. The lowest BCUT2D eigenvalue weighted by Gasteiger charge is -2.35. The molecule has 1 aromatic carbocycles. The average Bonchev–Trinajstić information content (AvgIpc) is 2.91. The molecule has 1 atom stereocenters. The second-order valence-corrected chi connectivity index (χ2v) is 10.8. The van der Waals surface area contributed by atoms with Crippen LogP contribution in [-0.4, -0.2) is 42.8 Å². The Bertz CT molecular complexity index is 821. The van der Waals surface area contributed by atoms with E-state index in [1.54, 1.807) is 4.78 Å². The van der Waals surface area contributed by atoms with E-state index in [9.17, 15) is 4.57 Å². The summed E-state index contributed by atoms with van der Waals surface area (Å²) in [7, 11) is 1.07. The molecule has 5 nitrogen and oxygen atoms in total. The third kappa shape index (κ3) is 2.40. The summed E-state index contributed by atoms with van der Waals surface area (Å²) in [5.41, 5.74) is 3.42. The fraction of sp³-hybridized carbons (Fsp3) is 0.550. The van der Waals surface area contributed by atoms with Gasteiger partial charge in [0.25, 0.3) is 7.44 Å². The summed E-state index contributed by atoms with van der Waals surface area (Å²) in [5, 5.41) is 5.41. The van der Waals surface area contributed by atoms with Crippen LogP contribution in [0.15, 0.2) is 40.4 Å². The van der Waals surface area contributed by atoms with Gasteiger partial charge in [-0.2, -0.15) is 5.10 Å². The Morgan fingerprint density at radius 1 is 1.04 bits per heavy atom. The summed E-state index contributed by atoms with van der Waals surface area (Å²) < 4.78 is 18.3. The molecular weight excluding hydrogens is 343 g/mol. The van der Waals surface area contributed by atoms with Crippen molar-refractivity contribution in [2.75, 3.05) is 32.1 Å². The zero-order valence-corrected chi connectivity index (χ0v) is 17.2. The van der Waals surface area contributed by atoms with Gasteiger partial charge >= 0.3 is 0 Å². The molecule has 0 aliphatic carbocycles. The Hall–Kier alpha value is -1.58. The second-order valence-electron chi connectivity index (χ2n) is 8.08. The number of hydrogen-bond acceptors (Lipinski definition) is 3. The minimum absolute atomic E-state index is 0.195. The molecule has 26 heavy (non-hydrogen) atoms. The van der Waals surface area contributed by atoms with Crippen LogP contribution in [0.1, 0.15) is 45.1 Å². The minimum atomic E-state index is -2.89. The van der Waals surface area contributed by atoms with Gasteiger partial charge in [-0.3, -0.25) is 4.57 Å². The molecule has 1 saturated heterocycles. The SMILES string of the molecule is CN1/C(=C2/C=NN(C)P2(=O)N2CCCCCC2)C(C)(C)c2ccccc21. The highest BCUT2D eigenvalue weighted by Crippen LogP contribution is 2.65. The molecule has 1 fully saturated rings. The number of benzene rings is 1. The smallest absolute Gasteiger partial charge is 0.287 e. The summed E-state index contributed by atoms with van der Waals surface area (Å²) in [6, 6.07) is 8.50. The fourth-order valence-corrected chi connectivity index (χ4v) is 7.66. The van der Waals surface area contributed by atoms with Crippen LogP contribution >= 0.6 is 7.44 Å². The molecule has 0 aromatic heterocycles. The summed E-state index contributed by atoms with van der Waals surface area (Å²) in [6.07, 6.45) is 6.53. The highest BCUT2D eigenvalue weighted by atomic mass is 31.2. The largest absolute Gasteiger partial charge is 0.346 e. The molecule has 140 valence electrons. The van der Waals surface area contributed by atoms with E-state index in [-0.39, 0.29) is 5.41 Å². The molecule has 0 N–H and O–H groups in total. The van der Waals surface area contributed by atoms with Crippen molar-refractivity contribution in [2.45, 2.75) is 44.9 Å². The monoisotopic (exact) mass is 372 g/mol. The first kappa shape index (κ1) is 17.8. The highest BCUT2D eigenvalue weighted by molar-refractivity contribution is 7.65. The van der Waals surface area contributed by atoms with Crippen molar-refractivity contribution in [1.82, 2.24) is 9.45 Å². The lowest BCUT2D eigenvalue weighted by molar-refractivity contribution is 0.378. The third-order valence-electron chi connectivity index (χ3n) is 6.13. The fourth-order valence-electron chi connectivity index (χ4n) is 4.75. The predicted molar refractivity (Wildman–Crippen MR) is 109 cm³/mol. The van der Waals surface area contributed by atoms with E-state index < -0.39 is 7.44 Å². The van der Waals surface area contributed by atoms with Crippen LogP contribution in [0.4, 0.5) is 5.69 Å². The van der Waals surface area contributed by atoms with Crippen molar-refractivity contribution in [2.24, 2.45) is 5.10 Å². The van der Waals surface area contributed by atoms with E-state index in [1.807, 2.05) is 13.3 Å². The second kappa shape index (κ2) is 6.24. The van der Waals surface area contributed by atoms with Gasteiger partial charge in [-0.1, -0.05) is 44.9 Å². The van der Waals surface area contributed by atoms with Crippen molar-refractivity contribution >= 4 is 19.3 Å². The van der Waals surface area contributed by atoms with Gasteiger partial charge in [0, 0.05) is 44.0 Å². The molecule has 3 aliphatic heterocycles. The number of anilines is 1. The van der Waals surface area contributed by atoms with Crippen molar-refractivity contribution in [1.29, 1.82) is 0 Å². The molecule has 1 unspecified atom stereocenters. The molecule has 4 rings (SSSR count). The zero-order valence-electron chi connectivity index (χ0n) is 16.3. The zero-order chi connectivity index (χ0) is 18.5. The lowest BCUT2D eigenvalue weighted by atomic mass is 9.84. The van der Waals surface area contributed by atoms with Gasteiger partial charge in [-0.25, -0.2) is 9.45 Å². The molecule has 0 radical (unpaired) electrons. The van der Waals surface area contributed by atoms with Gasteiger partial charge in [-0.15, -0.1) is 0 Å². The number of para-hydroxylation sites is 1. The summed E-state index contributed by atoms with van der Waals surface area (Å²) in [5.74, 6) is 0. The van der Waals surface area contributed by atoms with Gasteiger partial charge < -0.3 is 4.90 Å². The van der Waals surface area contributed by atoms with E-state index >= 15 is 0 Å². The molecule has 1 aromatic rings. The molecule has 3 heterocycles. The van der Waals surface area contributed by atoms with Crippen LogP contribution in [0.5, 0.6) is 0 Å². The van der Waals surface area contributed by atoms with Crippen molar-refractivity contribution in [3.63, 3.8) is 0 Å². The normalized spacial score (nSPS) is 31.4. The maximum absolute atomic E-state index is 14.4. The lowest BCUT2D eigenvalue weighted by Crippen LogP contribution is -2.31.